The van der Waals surface area contributed by atoms with Gasteiger partial charge in [0, 0.05) is 18.5 Å². The number of aromatic amines is 2. The summed E-state index contributed by atoms with van der Waals surface area (Å²) in [6.07, 6.45) is 4.40. The van der Waals surface area contributed by atoms with Gasteiger partial charge in [-0.05, 0) is 79.1 Å². The molecule has 2 aliphatic heterocycles. The van der Waals surface area contributed by atoms with Crippen LogP contribution in [-0.2, 0) is 19.1 Å². The number of carbonyl (C=O) groups excluding carboxylic acids is 4. The summed E-state index contributed by atoms with van der Waals surface area (Å²) in [4.78, 5) is 70.2. The van der Waals surface area contributed by atoms with Gasteiger partial charge in [0.15, 0.2) is 5.78 Å². The van der Waals surface area contributed by atoms with Crippen molar-refractivity contribution in [1.29, 1.82) is 0 Å². The van der Waals surface area contributed by atoms with Gasteiger partial charge in [0.2, 0.25) is 5.91 Å². The van der Waals surface area contributed by atoms with E-state index in [1.165, 1.54) is 12.0 Å². The van der Waals surface area contributed by atoms with E-state index in [4.69, 9.17) is 9.47 Å². The molecule has 4 heterocycles. The lowest BCUT2D eigenvalue weighted by Gasteiger charge is -2.29. The van der Waals surface area contributed by atoms with Crippen molar-refractivity contribution in [2.45, 2.75) is 77.6 Å². The number of ether oxygens (including phenoxy) is 2. The molecule has 0 bridgehead atoms. The van der Waals surface area contributed by atoms with Crippen LogP contribution in [0.25, 0.3) is 44.4 Å². The number of methoxy groups -OCH3 is 1. The summed E-state index contributed by atoms with van der Waals surface area (Å²) in [5, 5.41) is 4.80. The molecule has 2 aromatic heterocycles. The number of fused-ring (bicyclic) bond motifs is 1. The summed E-state index contributed by atoms with van der Waals surface area (Å²) in [7, 11) is 1.24. The van der Waals surface area contributed by atoms with Crippen LogP contribution in [0.3, 0.4) is 0 Å². The van der Waals surface area contributed by atoms with Crippen LogP contribution in [-0.4, -0.2) is 85.5 Å². The monoisotopic (exact) mass is 745 g/mol. The first kappa shape index (κ1) is 37.3. The van der Waals surface area contributed by atoms with E-state index in [1.807, 2.05) is 52.9 Å². The van der Waals surface area contributed by atoms with E-state index in [0.29, 0.717) is 12.4 Å². The number of alkyl carbamates (subject to hydrolysis) is 1. The largest absolute Gasteiger partial charge is 0.453 e. The minimum absolute atomic E-state index is 0.0475. The average molecular weight is 746 g/mol. The van der Waals surface area contributed by atoms with Crippen molar-refractivity contribution >= 4 is 34.6 Å². The van der Waals surface area contributed by atoms with Crippen LogP contribution in [0.15, 0.2) is 73.1 Å². The second kappa shape index (κ2) is 15.0. The van der Waals surface area contributed by atoms with E-state index < -0.39 is 23.8 Å². The summed E-state index contributed by atoms with van der Waals surface area (Å²) < 4.78 is 10.4. The van der Waals surface area contributed by atoms with E-state index in [-0.39, 0.29) is 42.7 Å². The number of nitrogens with zero attached hydrogens (tertiary/aromatic N) is 4. The third kappa shape index (κ3) is 7.96. The summed E-state index contributed by atoms with van der Waals surface area (Å²) in [6, 6.07) is 19.3. The molecule has 0 aliphatic carbocycles. The first-order chi connectivity index (χ1) is 26.3. The maximum Gasteiger partial charge on any atom is 0.410 e. The third-order valence-electron chi connectivity index (χ3n) is 10.2. The SMILES string of the molecule is COC(=O)NC(C(=O)N1CC(=O)CC1c1ncc(-c2ccc(-c3ccc4cc(-c5cnc(C6CCCN6C(=O)OC(C)(C)C)[nH]5)ccc4c3)cc2)[nH]1)C(C)C. The number of imidazole rings is 2. The molecule has 13 heteroatoms. The molecule has 0 saturated carbocycles. The average Bonchev–Trinajstić information content (AvgIpc) is 3.99. The quantitative estimate of drug-likeness (QED) is 0.146. The lowest BCUT2D eigenvalue weighted by atomic mass is 9.98. The maximum absolute atomic E-state index is 13.5. The number of rotatable bonds is 8. The Hall–Kier alpha value is -5.98. The molecular weight excluding hydrogens is 699 g/mol. The molecule has 2 saturated heterocycles. The summed E-state index contributed by atoms with van der Waals surface area (Å²) in [5.74, 6) is 0.635. The molecule has 0 radical (unpaired) electrons. The van der Waals surface area contributed by atoms with Gasteiger partial charge in [-0.15, -0.1) is 0 Å². The Morgan fingerprint density at radius 3 is 2.04 bits per heavy atom. The number of amides is 3. The number of H-pyrrole nitrogens is 2. The Morgan fingerprint density at radius 2 is 1.40 bits per heavy atom. The molecular formula is C42H47N7O6. The summed E-state index contributed by atoms with van der Waals surface area (Å²) in [5.41, 5.74) is 5.14. The Labute approximate surface area is 319 Å². The lowest BCUT2D eigenvalue weighted by Crippen LogP contribution is -2.51. The number of hydrogen-bond acceptors (Lipinski definition) is 8. The lowest BCUT2D eigenvalue weighted by molar-refractivity contribution is -0.136. The molecule has 7 rings (SSSR count). The molecule has 13 nitrogen and oxygen atoms in total. The normalized spacial score (nSPS) is 17.9. The van der Waals surface area contributed by atoms with Gasteiger partial charge in [0.05, 0.1) is 49.5 Å². The van der Waals surface area contributed by atoms with Gasteiger partial charge in [0.25, 0.3) is 0 Å². The minimum Gasteiger partial charge on any atom is -0.453 e. The molecule has 3 amide bonds. The zero-order valence-corrected chi connectivity index (χ0v) is 32.0. The molecule has 2 fully saturated rings. The second-order valence-corrected chi connectivity index (χ2v) is 15.6. The van der Waals surface area contributed by atoms with Crippen molar-refractivity contribution in [1.82, 2.24) is 35.1 Å². The van der Waals surface area contributed by atoms with Crippen molar-refractivity contribution in [2.24, 2.45) is 5.92 Å². The number of Topliss-reactive ketones (excluding diaryl/α,β-unsaturated/α-hetero) is 1. The fraction of sp³-hybridized carbons (Fsp3) is 0.381. The Balaban J connectivity index is 1.04. The van der Waals surface area contributed by atoms with Gasteiger partial charge >= 0.3 is 12.2 Å². The van der Waals surface area contributed by atoms with Gasteiger partial charge in [-0.25, -0.2) is 19.6 Å². The topological polar surface area (TPSA) is 163 Å². The van der Waals surface area contributed by atoms with E-state index in [1.54, 1.807) is 11.1 Å². The molecule has 3 aromatic carbocycles. The number of likely N-dealkylation sites (tertiary alicyclic amines) is 2. The van der Waals surface area contributed by atoms with Crippen molar-refractivity contribution in [3.63, 3.8) is 0 Å². The summed E-state index contributed by atoms with van der Waals surface area (Å²) in [6.45, 7) is 9.87. The van der Waals surface area contributed by atoms with E-state index in [2.05, 4.69) is 73.8 Å². The second-order valence-electron chi connectivity index (χ2n) is 15.6. The molecule has 3 atom stereocenters. The maximum atomic E-state index is 13.5. The number of benzene rings is 3. The van der Waals surface area contributed by atoms with Gasteiger partial charge < -0.3 is 29.7 Å². The van der Waals surface area contributed by atoms with Crippen LogP contribution in [0.5, 0.6) is 0 Å². The zero-order valence-electron chi connectivity index (χ0n) is 32.0. The Kier molecular flexibility index (Phi) is 10.2. The van der Waals surface area contributed by atoms with Crippen LogP contribution < -0.4 is 5.32 Å². The molecule has 5 aromatic rings. The molecule has 2 aliphatic rings. The standard InChI is InChI=1S/C42H47N7O6/c1-24(2)36(47-40(52)54-6)39(51)49-23-31(50)20-35(49)38-44-21-32(45-38)26-11-9-25(10-12-26)27-13-14-29-19-30(16-15-28(29)18-27)33-22-43-37(46-33)34-8-7-17-48(34)41(53)55-42(3,4)5/h9-16,18-19,21-22,24,34-36H,7-8,17,20,23H2,1-6H3,(H,43,46)(H,44,45)(H,47,52). The fourth-order valence-corrected chi connectivity index (χ4v) is 7.37. The molecule has 55 heavy (non-hydrogen) atoms. The molecule has 0 spiro atoms. The zero-order chi connectivity index (χ0) is 39.0. The van der Waals surface area contributed by atoms with Crippen molar-refractivity contribution in [3.05, 3.63) is 84.7 Å². The van der Waals surface area contributed by atoms with Crippen LogP contribution in [0, 0.1) is 5.92 Å². The van der Waals surface area contributed by atoms with Gasteiger partial charge in [-0.1, -0.05) is 62.4 Å². The van der Waals surface area contributed by atoms with Crippen molar-refractivity contribution in [3.8, 4) is 33.6 Å². The van der Waals surface area contributed by atoms with E-state index >= 15 is 0 Å². The van der Waals surface area contributed by atoms with E-state index in [0.717, 1.165) is 63.1 Å². The molecule has 3 unspecified atom stereocenters. The molecule has 286 valence electrons. The number of hydrogen-bond donors (Lipinski definition) is 3. The molecule has 3 N–H and O–H groups in total. The fourth-order valence-electron chi connectivity index (χ4n) is 7.37. The predicted octanol–water partition coefficient (Wildman–Crippen LogP) is 7.58. The van der Waals surface area contributed by atoms with Crippen LogP contribution in [0.4, 0.5) is 9.59 Å². The van der Waals surface area contributed by atoms with Crippen molar-refractivity contribution in [2.75, 3.05) is 20.2 Å². The first-order valence-corrected chi connectivity index (χ1v) is 18.7. The van der Waals surface area contributed by atoms with Crippen LogP contribution in [0.2, 0.25) is 0 Å². The number of carbonyl (C=O) groups is 4. The van der Waals surface area contributed by atoms with Gasteiger partial charge in [-0.2, -0.15) is 0 Å². The highest BCUT2D eigenvalue weighted by Gasteiger charge is 2.41. The number of nitrogens with one attached hydrogen (secondary N) is 3. The highest BCUT2D eigenvalue weighted by molar-refractivity contribution is 5.94. The summed E-state index contributed by atoms with van der Waals surface area (Å²) >= 11 is 0. The predicted molar refractivity (Wildman–Crippen MR) is 208 cm³/mol. The third-order valence-corrected chi connectivity index (χ3v) is 10.2. The van der Waals surface area contributed by atoms with Crippen LogP contribution in [0.1, 0.15) is 77.6 Å². The van der Waals surface area contributed by atoms with Gasteiger partial charge in [-0.3, -0.25) is 14.5 Å². The highest BCUT2D eigenvalue weighted by Crippen LogP contribution is 2.35. The highest BCUT2D eigenvalue weighted by atomic mass is 16.6. The van der Waals surface area contributed by atoms with Crippen molar-refractivity contribution < 1.29 is 28.7 Å². The number of ketones is 1. The van der Waals surface area contributed by atoms with E-state index in [9.17, 15) is 19.2 Å². The minimum atomic E-state index is -0.841. The van der Waals surface area contributed by atoms with Gasteiger partial charge in [0.1, 0.15) is 23.3 Å². The Bertz CT molecular complexity index is 2230. The Morgan fingerprint density at radius 1 is 0.818 bits per heavy atom. The smallest absolute Gasteiger partial charge is 0.410 e. The van der Waals surface area contributed by atoms with Crippen LogP contribution >= 0.6 is 0 Å². The number of aromatic nitrogens is 4. The first-order valence-electron chi connectivity index (χ1n) is 18.7.